The maximum atomic E-state index is 14.3. The highest BCUT2D eigenvalue weighted by Crippen LogP contribution is 2.44. The first-order chi connectivity index (χ1) is 16.9. The van der Waals surface area contributed by atoms with Crippen LogP contribution in [0, 0.1) is 5.82 Å². The van der Waals surface area contributed by atoms with Crippen molar-refractivity contribution in [2.24, 2.45) is 0 Å². The zero-order valence-corrected chi connectivity index (χ0v) is 19.1. The van der Waals surface area contributed by atoms with Gasteiger partial charge in [-0.1, -0.05) is 61.9 Å². The average Bonchev–Trinajstić information content (AvgIpc) is 3.17. The Labute approximate surface area is 201 Å². The minimum atomic E-state index is -1.20. The molecule has 1 aliphatic carbocycles. The lowest BCUT2D eigenvalue weighted by Crippen LogP contribution is -2.41. The molecule has 0 aromatic heterocycles. The van der Waals surface area contributed by atoms with E-state index in [1.165, 1.54) is 6.07 Å². The van der Waals surface area contributed by atoms with Gasteiger partial charge in [-0.3, -0.25) is 10.1 Å². The van der Waals surface area contributed by atoms with Crippen LogP contribution in [0.2, 0.25) is 0 Å². The number of nitrogens with one attached hydrogen (secondary N) is 2. The van der Waals surface area contributed by atoms with Gasteiger partial charge in [0.25, 0.3) is 5.91 Å². The number of anilines is 1. The summed E-state index contributed by atoms with van der Waals surface area (Å²) in [5.74, 6) is -3.02. The van der Waals surface area contributed by atoms with Crippen molar-refractivity contribution in [1.29, 1.82) is 0 Å². The van der Waals surface area contributed by atoms with Crippen LogP contribution in [0.5, 0.6) is 0 Å². The van der Waals surface area contributed by atoms with Crippen molar-refractivity contribution in [3.63, 3.8) is 0 Å². The number of carboxylic acids is 1. The molecule has 0 spiro atoms. The second kappa shape index (κ2) is 10.4. The number of hydrogen-bond donors (Lipinski definition) is 3. The van der Waals surface area contributed by atoms with E-state index in [0.717, 1.165) is 34.4 Å². The summed E-state index contributed by atoms with van der Waals surface area (Å²) >= 11 is 0. The van der Waals surface area contributed by atoms with E-state index in [2.05, 4.69) is 10.6 Å². The molecule has 0 aliphatic heterocycles. The number of aliphatic carboxylic acids is 1. The monoisotopic (exact) mass is 476 g/mol. The fourth-order valence-corrected chi connectivity index (χ4v) is 4.31. The Balaban J connectivity index is 1.43. The van der Waals surface area contributed by atoms with Crippen molar-refractivity contribution in [2.45, 2.75) is 31.7 Å². The lowest BCUT2D eigenvalue weighted by atomic mass is 9.98. The molecule has 0 radical (unpaired) electrons. The highest BCUT2D eigenvalue weighted by molar-refractivity contribution is 5.98. The number of carbonyl (C=O) groups excluding carboxylic acids is 2. The zero-order chi connectivity index (χ0) is 24.9. The third kappa shape index (κ3) is 5.16. The Morgan fingerprint density at radius 1 is 1.00 bits per heavy atom. The van der Waals surface area contributed by atoms with E-state index < -0.39 is 29.8 Å². The van der Waals surface area contributed by atoms with Gasteiger partial charge in [0.15, 0.2) is 0 Å². The largest absolute Gasteiger partial charge is 0.480 e. The number of ether oxygens (including phenoxy) is 1. The predicted octanol–water partition coefficient (Wildman–Crippen LogP) is 5.17. The van der Waals surface area contributed by atoms with Gasteiger partial charge in [-0.15, -0.1) is 0 Å². The van der Waals surface area contributed by atoms with Gasteiger partial charge in [0.05, 0.1) is 5.56 Å². The minimum absolute atomic E-state index is 0.103. The number of carboxylic acid groups (broad SMARTS) is 1. The molecule has 0 heterocycles. The Bertz CT molecular complexity index is 1230. The number of benzene rings is 3. The quantitative estimate of drug-likeness (QED) is 0.416. The maximum absolute atomic E-state index is 14.3. The number of fused-ring (bicyclic) bond motifs is 3. The normalized spacial score (nSPS) is 12.9. The van der Waals surface area contributed by atoms with E-state index in [4.69, 9.17) is 4.74 Å². The first-order valence-electron chi connectivity index (χ1n) is 11.3. The van der Waals surface area contributed by atoms with Crippen LogP contribution >= 0.6 is 0 Å². The van der Waals surface area contributed by atoms with Crippen LogP contribution in [-0.4, -0.2) is 35.7 Å². The Morgan fingerprint density at radius 2 is 1.63 bits per heavy atom. The van der Waals surface area contributed by atoms with E-state index in [1.54, 1.807) is 6.92 Å². The molecule has 1 aliphatic rings. The van der Waals surface area contributed by atoms with Gasteiger partial charge >= 0.3 is 12.1 Å². The lowest BCUT2D eigenvalue weighted by Gasteiger charge is -2.16. The second-order valence-electron chi connectivity index (χ2n) is 8.30. The summed E-state index contributed by atoms with van der Waals surface area (Å²) in [5, 5.41) is 14.1. The molecule has 35 heavy (non-hydrogen) atoms. The highest BCUT2D eigenvalue weighted by Gasteiger charge is 2.29. The van der Waals surface area contributed by atoms with Crippen LogP contribution in [0.25, 0.3) is 11.1 Å². The molecule has 180 valence electrons. The molecule has 0 saturated carbocycles. The minimum Gasteiger partial charge on any atom is -0.480 e. The van der Waals surface area contributed by atoms with Crippen molar-refractivity contribution in [3.05, 3.63) is 89.2 Å². The molecule has 3 aromatic carbocycles. The first-order valence-corrected chi connectivity index (χ1v) is 11.3. The first kappa shape index (κ1) is 23.9. The molecule has 0 fully saturated rings. The van der Waals surface area contributed by atoms with E-state index >= 15 is 0 Å². The second-order valence-corrected chi connectivity index (χ2v) is 8.30. The van der Waals surface area contributed by atoms with Gasteiger partial charge in [-0.05, 0) is 46.9 Å². The summed E-state index contributed by atoms with van der Waals surface area (Å²) in [6, 6.07) is 18.3. The van der Waals surface area contributed by atoms with E-state index in [0.29, 0.717) is 6.42 Å². The number of carbonyl (C=O) groups is 3. The van der Waals surface area contributed by atoms with E-state index in [9.17, 15) is 23.9 Å². The van der Waals surface area contributed by atoms with Crippen molar-refractivity contribution in [2.75, 3.05) is 11.9 Å². The summed E-state index contributed by atoms with van der Waals surface area (Å²) in [5.41, 5.74) is 4.13. The lowest BCUT2D eigenvalue weighted by molar-refractivity contribution is -0.139. The molecule has 3 aromatic rings. The fraction of sp³-hybridized carbons (Fsp3) is 0.222. The van der Waals surface area contributed by atoms with Gasteiger partial charge in [0, 0.05) is 11.6 Å². The third-order valence-corrected chi connectivity index (χ3v) is 5.98. The molecular formula is C27H25FN2O5. The van der Waals surface area contributed by atoms with Crippen LogP contribution in [0.1, 0.15) is 47.2 Å². The Morgan fingerprint density at radius 3 is 2.23 bits per heavy atom. The van der Waals surface area contributed by atoms with Crippen molar-refractivity contribution in [3.8, 4) is 11.1 Å². The predicted molar refractivity (Wildman–Crippen MR) is 129 cm³/mol. The molecule has 4 rings (SSSR count). The molecule has 8 heteroatoms. The summed E-state index contributed by atoms with van der Waals surface area (Å²) < 4.78 is 19.8. The number of amides is 2. The van der Waals surface area contributed by atoms with Crippen molar-refractivity contribution < 1.29 is 28.6 Å². The molecule has 7 nitrogen and oxygen atoms in total. The number of hydrogen-bond acceptors (Lipinski definition) is 4. The van der Waals surface area contributed by atoms with Crippen molar-refractivity contribution >= 4 is 23.7 Å². The van der Waals surface area contributed by atoms with Gasteiger partial charge < -0.3 is 15.2 Å². The van der Waals surface area contributed by atoms with Crippen LogP contribution in [-0.2, 0) is 9.53 Å². The molecular weight excluding hydrogens is 451 g/mol. The maximum Gasteiger partial charge on any atom is 0.411 e. The molecule has 1 atom stereocenters. The SMILES string of the molecule is CCCC(NC(=O)c1cc(NC(=O)OCC2c3ccccc3-c3ccccc32)ccc1F)C(=O)O. The van der Waals surface area contributed by atoms with Crippen LogP contribution < -0.4 is 10.6 Å². The van der Waals surface area contributed by atoms with Gasteiger partial charge in [-0.25, -0.2) is 14.0 Å². The molecule has 2 amide bonds. The van der Waals surface area contributed by atoms with Crippen LogP contribution in [0.3, 0.4) is 0 Å². The van der Waals surface area contributed by atoms with Crippen LogP contribution in [0.15, 0.2) is 66.7 Å². The average molecular weight is 477 g/mol. The number of rotatable bonds is 8. The van der Waals surface area contributed by atoms with Crippen LogP contribution in [0.4, 0.5) is 14.9 Å². The van der Waals surface area contributed by atoms with E-state index in [-0.39, 0.29) is 30.2 Å². The summed E-state index contributed by atoms with van der Waals surface area (Å²) in [7, 11) is 0. The highest BCUT2D eigenvalue weighted by atomic mass is 19.1. The third-order valence-electron chi connectivity index (χ3n) is 5.98. The summed E-state index contributed by atoms with van der Waals surface area (Å²) in [6.07, 6.45) is -0.0111. The van der Waals surface area contributed by atoms with Gasteiger partial charge in [-0.2, -0.15) is 0 Å². The molecule has 1 unspecified atom stereocenters. The Kier molecular flexibility index (Phi) is 7.10. The summed E-state index contributed by atoms with van der Waals surface area (Å²) in [4.78, 5) is 36.3. The van der Waals surface area contributed by atoms with Crippen molar-refractivity contribution in [1.82, 2.24) is 5.32 Å². The molecule has 3 N–H and O–H groups in total. The van der Waals surface area contributed by atoms with Gasteiger partial charge in [0.2, 0.25) is 0 Å². The summed E-state index contributed by atoms with van der Waals surface area (Å²) in [6.45, 7) is 1.88. The van der Waals surface area contributed by atoms with E-state index in [1.807, 2.05) is 48.5 Å². The molecule has 0 saturated heterocycles. The fourth-order valence-electron chi connectivity index (χ4n) is 4.31. The number of halogens is 1. The standard InChI is InChI=1S/C27H25FN2O5/c1-2-7-24(26(32)33)30-25(31)21-14-16(12-13-23(21)28)29-27(34)35-15-22-19-10-5-3-8-17(19)18-9-4-6-11-20(18)22/h3-6,8-14,22,24H,2,7,15H2,1H3,(H,29,34)(H,30,31)(H,32,33). The van der Waals surface area contributed by atoms with Gasteiger partial charge in [0.1, 0.15) is 18.5 Å². The smallest absolute Gasteiger partial charge is 0.411 e. The molecule has 0 bridgehead atoms. The topological polar surface area (TPSA) is 105 Å². The zero-order valence-electron chi connectivity index (χ0n) is 19.1. The Hall–Kier alpha value is -4.20.